The first-order chi connectivity index (χ1) is 40.5. The molecular formula is C76H149NO5. The van der Waals surface area contributed by atoms with Gasteiger partial charge in [-0.1, -0.05) is 386 Å². The van der Waals surface area contributed by atoms with Gasteiger partial charge in [0.15, 0.2) is 0 Å². The Kier molecular flexibility index (Phi) is 70.8. The first-order valence-corrected chi connectivity index (χ1v) is 37.9. The molecule has 0 saturated carbocycles. The van der Waals surface area contributed by atoms with Crippen LogP contribution in [0, 0.1) is 0 Å². The molecular weight excluding hydrogens is 1010 g/mol. The van der Waals surface area contributed by atoms with Crippen LogP contribution in [0.1, 0.15) is 438 Å². The molecule has 0 aromatic carbocycles. The highest BCUT2D eigenvalue weighted by atomic mass is 16.5. The van der Waals surface area contributed by atoms with Crippen LogP contribution in [0.4, 0.5) is 0 Å². The zero-order valence-electron chi connectivity index (χ0n) is 56.0. The minimum Gasteiger partial charge on any atom is -0.466 e. The molecule has 6 nitrogen and oxygen atoms in total. The molecule has 0 spiro atoms. The van der Waals surface area contributed by atoms with Crippen molar-refractivity contribution in [3.05, 3.63) is 12.2 Å². The third-order valence-corrected chi connectivity index (χ3v) is 18.1. The third kappa shape index (κ3) is 67.7. The number of carbonyl (C=O) groups is 2. The van der Waals surface area contributed by atoms with Crippen molar-refractivity contribution in [2.45, 2.75) is 450 Å². The van der Waals surface area contributed by atoms with Gasteiger partial charge in [0.1, 0.15) is 0 Å². The van der Waals surface area contributed by atoms with Crippen molar-refractivity contribution in [3.63, 3.8) is 0 Å². The average Bonchev–Trinajstić information content (AvgIpc) is 3.48. The fourth-order valence-corrected chi connectivity index (χ4v) is 12.3. The van der Waals surface area contributed by atoms with E-state index in [9.17, 15) is 19.8 Å². The zero-order valence-corrected chi connectivity index (χ0v) is 56.0. The topological polar surface area (TPSA) is 95.9 Å². The van der Waals surface area contributed by atoms with Gasteiger partial charge in [-0.05, 0) is 51.4 Å². The Balaban J connectivity index is 3.33. The number of hydrogen-bond acceptors (Lipinski definition) is 5. The second kappa shape index (κ2) is 72.1. The molecule has 1 amide bonds. The summed E-state index contributed by atoms with van der Waals surface area (Å²) in [6.07, 6.45) is 90.1. The SMILES string of the molecule is CCCCC/C=C\CCCCCCCC(=O)OCCCCCCCCCCCCCCCCCCCCCCCCCCCCCCCCCCC(=O)NC(CO)C(O)CCCCCCCCCCCCCCCCCCCCCCC. The molecule has 0 fully saturated rings. The van der Waals surface area contributed by atoms with Crippen molar-refractivity contribution in [2.24, 2.45) is 0 Å². The highest BCUT2D eigenvalue weighted by Crippen LogP contribution is 2.20. The maximum atomic E-state index is 12.6. The number of aliphatic hydroxyl groups is 2. The van der Waals surface area contributed by atoms with Crippen LogP contribution in [-0.4, -0.2) is 47.4 Å². The Morgan fingerprint density at radius 3 is 0.890 bits per heavy atom. The lowest BCUT2D eigenvalue weighted by molar-refractivity contribution is -0.143. The second-order valence-electron chi connectivity index (χ2n) is 26.3. The molecule has 0 radical (unpaired) electrons. The van der Waals surface area contributed by atoms with Crippen molar-refractivity contribution in [2.75, 3.05) is 13.2 Å². The Morgan fingerprint density at radius 2 is 0.573 bits per heavy atom. The molecule has 0 aromatic rings. The van der Waals surface area contributed by atoms with Gasteiger partial charge in [0.25, 0.3) is 0 Å². The van der Waals surface area contributed by atoms with Gasteiger partial charge < -0.3 is 20.3 Å². The van der Waals surface area contributed by atoms with Gasteiger partial charge in [0.2, 0.25) is 5.91 Å². The highest BCUT2D eigenvalue weighted by molar-refractivity contribution is 5.76. The fourth-order valence-electron chi connectivity index (χ4n) is 12.3. The van der Waals surface area contributed by atoms with E-state index < -0.39 is 12.1 Å². The number of unbranched alkanes of at least 4 members (excludes halogenated alkanes) is 59. The molecule has 6 heteroatoms. The Bertz CT molecular complexity index is 1240. The lowest BCUT2D eigenvalue weighted by Gasteiger charge is -2.22. The molecule has 0 aliphatic carbocycles. The minimum atomic E-state index is -0.661. The van der Waals surface area contributed by atoms with Gasteiger partial charge in [-0.2, -0.15) is 0 Å². The predicted molar refractivity (Wildman–Crippen MR) is 361 cm³/mol. The average molecular weight is 1160 g/mol. The van der Waals surface area contributed by atoms with Gasteiger partial charge in [0, 0.05) is 12.8 Å². The Labute approximate surface area is 514 Å². The summed E-state index contributed by atoms with van der Waals surface area (Å²) in [5.74, 6) is -0.0129. The van der Waals surface area contributed by atoms with Gasteiger partial charge in [0.05, 0.1) is 25.4 Å². The number of allylic oxidation sites excluding steroid dienone is 2. The summed E-state index contributed by atoms with van der Waals surface area (Å²) in [4.78, 5) is 24.6. The van der Waals surface area contributed by atoms with E-state index in [0.717, 1.165) is 44.9 Å². The summed E-state index contributed by atoms with van der Waals surface area (Å²) in [6.45, 7) is 4.98. The van der Waals surface area contributed by atoms with Crippen molar-refractivity contribution in [1.29, 1.82) is 0 Å². The second-order valence-corrected chi connectivity index (χ2v) is 26.3. The van der Waals surface area contributed by atoms with Gasteiger partial charge in [-0.25, -0.2) is 0 Å². The number of hydrogen-bond donors (Lipinski definition) is 3. The number of carbonyl (C=O) groups excluding carboxylic acids is 2. The maximum Gasteiger partial charge on any atom is 0.305 e. The molecule has 488 valence electrons. The molecule has 2 unspecified atom stereocenters. The van der Waals surface area contributed by atoms with E-state index in [1.54, 1.807) is 0 Å². The number of nitrogens with one attached hydrogen (secondary N) is 1. The summed E-state index contributed by atoms with van der Waals surface area (Å²) < 4.78 is 5.48. The molecule has 0 rings (SSSR count). The molecule has 0 saturated heterocycles. The van der Waals surface area contributed by atoms with Crippen LogP contribution in [0.25, 0.3) is 0 Å². The van der Waals surface area contributed by atoms with Crippen molar-refractivity contribution in [1.82, 2.24) is 5.32 Å². The van der Waals surface area contributed by atoms with Crippen LogP contribution >= 0.6 is 0 Å². The monoisotopic (exact) mass is 1160 g/mol. The van der Waals surface area contributed by atoms with Crippen LogP contribution in [0.2, 0.25) is 0 Å². The Morgan fingerprint density at radius 1 is 0.329 bits per heavy atom. The van der Waals surface area contributed by atoms with Gasteiger partial charge >= 0.3 is 5.97 Å². The summed E-state index contributed by atoms with van der Waals surface area (Å²) in [7, 11) is 0. The van der Waals surface area contributed by atoms with Gasteiger partial charge in [-0.3, -0.25) is 9.59 Å². The molecule has 0 aliphatic rings. The van der Waals surface area contributed by atoms with E-state index in [2.05, 4.69) is 31.3 Å². The molecule has 0 aliphatic heterocycles. The third-order valence-electron chi connectivity index (χ3n) is 18.1. The van der Waals surface area contributed by atoms with E-state index >= 15 is 0 Å². The summed E-state index contributed by atoms with van der Waals surface area (Å²) in [5.41, 5.74) is 0. The first kappa shape index (κ1) is 80.6. The van der Waals surface area contributed by atoms with E-state index in [4.69, 9.17) is 4.74 Å². The van der Waals surface area contributed by atoms with Crippen LogP contribution in [0.5, 0.6) is 0 Å². The quantitative estimate of drug-likeness (QED) is 0.0320. The smallest absolute Gasteiger partial charge is 0.305 e. The number of esters is 1. The molecule has 0 aromatic heterocycles. The zero-order chi connectivity index (χ0) is 59.2. The van der Waals surface area contributed by atoms with Crippen LogP contribution in [0.15, 0.2) is 12.2 Å². The number of rotatable bonds is 72. The van der Waals surface area contributed by atoms with Crippen LogP contribution < -0.4 is 5.32 Å². The minimum absolute atomic E-state index is 0.0121. The first-order valence-electron chi connectivity index (χ1n) is 37.9. The fraction of sp³-hybridized carbons (Fsp3) is 0.947. The van der Waals surface area contributed by atoms with Gasteiger partial charge in [-0.15, -0.1) is 0 Å². The van der Waals surface area contributed by atoms with Crippen LogP contribution in [-0.2, 0) is 14.3 Å². The summed E-state index contributed by atoms with van der Waals surface area (Å²) in [5, 5.41) is 23.4. The largest absolute Gasteiger partial charge is 0.466 e. The van der Waals surface area contributed by atoms with E-state index in [-0.39, 0.29) is 18.5 Å². The van der Waals surface area contributed by atoms with Crippen molar-refractivity contribution in [3.8, 4) is 0 Å². The molecule has 82 heavy (non-hydrogen) atoms. The highest BCUT2D eigenvalue weighted by Gasteiger charge is 2.20. The standard InChI is InChI=1S/C76H149NO5/c1-3-5-7-9-11-13-15-17-18-19-20-33-36-39-42-45-48-52-56-60-64-68-74(79)73(72-78)77-75(80)69-65-61-57-53-49-46-43-40-37-34-31-29-27-25-23-21-22-24-26-28-30-32-35-38-41-44-47-51-55-59-63-67-71-82-76(81)70-66-62-58-54-50-16-14-12-10-8-6-4-2/h12,14,73-74,78-79H,3-11,13,15-72H2,1-2H3,(H,77,80)/b14-12-. The molecule has 0 bridgehead atoms. The number of amides is 1. The summed E-state index contributed by atoms with van der Waals surface area (Å²) in [6, 6.07) is -0.538. The van der Waals surface area contributed by atoms with Crippen LogP contribution in [0.3, 0.4) is 0 Å². The maximum absolute atomic E-state index is 12.6. The van der Waals surface area contributed by atoms with E-state index in [0.29, 0.717) is 25.9 Å². The predicted octanol–water partition coefficient (Wildman–Crippen LogP) is 24.7. The lowest BCUT2D eigenvalue weighted by Crippen LogP contribution is -2.45. The molecule has 3 N–H and O–H groups in total. The Hall–Kier alpha value is -1.40. The summed E-state index contributed by atoms with van der Waals surface area (Å²) >= 11 is 0. The normalized spacial score (nSPS) is 12.5. The van der Waals surface area contributed by atoms with Crippen molar-refractivity contribution < 1.29 is 24.5 Å². The molecule has 2 atom stereocenters. The lowest BCUT2D eigenvalue weighted by atomic mass is 10.0. The van der Waals surface area contributed by atoms with Crippen molar-refractivity contribution >= 4 is 11.9 Å². The number of ether oxygens (including phenoxy) is 1. The molecule has 0 heterocycles. The number of aliphatic hydroxyl groups excluding tert-OH is 2. The van der Waals surface area contributed by atoms with E-state index in [1.165, 1.54) is 360 Å². The van der Waals surface area contributed by atoms with E-state index in [1.807, 2.05) is 0 Å².